The van der Waals surface area contributed by atoms with E-state index in [-0.39, 0.29) is 6.10 Å². The van der Waals surface area contributed by atoms with Gasteiger partial charge in [0.1, 0.15) is 0 Å². The maximum atomic E-state index is 9.20. The lowest BCUT2D eigenvalue weighted by molar-refractivity contribution is 0.161. The van der Waals surface area contributed by atoms with Gasteiger partial charge in [0, 0.05) is 19.5 Å². The molecule has 3 heteroatoms. The van der Waals surface area contributed by atoms with Crippen LogP contribution in [0.25, 0.3) is 0 Å². The number of aliphatic hydroxyl groups excluding tert-OH is 1. The molecule has 0 aromatic rings. The predicted octanol–water partition coefficient (Wildman–Crippen LogP) is 0.651. The summed E-state index contributed by atoms with van der Waals surface area (Å²) in [5.41, 5.74) is 0. The van der Waals surface area contributed by atoms with Crippen LogP contribution in [0.4, 0.5) is 0 Å². The van der Waals surface area contributed by atoms with Crippen molar-refractivity contribution in [2.45, 2.75) is 32.3 Å². The fourth-order valence-corrected chi connectivity index (χ4v) is 0.848. The lowest BCUT2D eigenvalue weighted by Gasteiger charge is -2.08. The van der Waals surface area contributed by atoms with Gasteiger partial charge in [-0.3, -0.25) is 0 Å². The summed E-state index contributed by atoms with van der Waals surface area (Å²) < 4.78 is 0. The highest BCUT2D eigenvalue weighted by Gasteiger charge is 1.99. The fraction of sp³-hybridized carbons (Fsp3) is 0.875. The van der Waals surface area contributed by atoms with Gasteiger partial charge in [-0.1, -0.05) is 13.3 Å². The van der Waals surface area contributed by atoms with E-state index in [4.69, 9.17) is 5.26 Å². The van der Waals surface area contributed by atoms with E-state index in [9.17, 15) is 5.11 Å². The van der Waals surface area contributed by atoms with Crippen LogP contribution in [-0.2, 0) is 0 Å². The van der Waals surface area contributed by atoms with E-state index >= 15 is 0 Å². The Labute approximate surface area is 68.0 Å². The number of nitriles is 1. The molecule has 0 aromatic heterocycles. The second-order valence-electron chi connectivity index (χ2n) is 2.55. The van der Waals surface area contributed by atoms with Crippen LogP contribution in [0.5, 0.6) is 0 Å². The second kappa shape index (κ2) is 7.52. The summed E-state index contributed by atoms with van der Waals surface area (Å²) >= 11 is 0. The first-order valence-electron chi connectivity index (χ1n) is 4.07. The molecule has 0 saturated heterocycles. The molecule has 1 unspecified atom stereocenters. The van der Waals surface area contributed by atoms with Gasteiger partial charge in [0.2, 0.25) is 0 Å². The summed E-state index contributed by atoms with van der Waals surface area (Å²) in [6.07, 6.45) is 2.10. The normalized spacial score (nSPS) is 12.5. The van der Waals surface area contributed by atoms with E-state index in [0.717, 1.165) is 12.8 Å². The molecule has 2 N–H and O–H groups in total. The van der Waals surface area contributed by atoms with Crippen molar-refractivity contribution in [2.24, 2.45) is 0 Å². The van der Waals surface area contributed by atoms with Gasteiger partial charge < -0.3 is 10.4 Å². The zero-order valence-electron chi connectivity index (χ0n) is 7.01. The molecule has 0 amide bonds. The summed E-state index contributed by atoms with van der Waals surface area (Å²) in [5.74, 6) is 0. The van der Waals surface area contributed by atoms with Crippen LogP contribution in [0.2, 0.25) is 0 Å². The predicted molar refractivity (Wildman–Crippen MR) is 44.0 cm³/mol. The van der Waals surface area contributed by atoms with Crippen molar-refractivity contribution in [3.63, 3.8) is 0 Å². The molecule has 3 nitrogen and oxygen atoms in total. The molecular weight excluding hydrogens is 140 g/mol. The lowest BCUT2D eigenvalue weighted by atomic mass is 10.2. The Balaban J connectivity index is 3.05. The summed E-state index contributed by atoms with van der Waals surface area (Å²) in [6.45, 7) is 3.32. The number of hydrogen-bond acceptors (Lipinski definition) is 3. The Hall–Kier alpha value is -0.590. The largest absolute Gasteiger partial charge is 0.392 e. The maximum Gasteiger partial charge on any atom is 0.0664 e. The highest BCUT2D eigenvalue weighted by Crippen LogP contribution is 1.93. The van der Waals surface area contributed by atoms with Crippen LogP contribution >= 0.6 is 0 Å². The highest BCUT2D eigenvalue weighted by molar-refractivity contribution is 4.70. The van der Waals surface area contributed by atoms with Gasteiger partial charge in [0.15, 0.2) is 0 Å². The topological polar surface area (TPSA) is 56.0 Å². The monoisotopic (exact) mass is 156 g/mol. The van der Waals surface area contributed by atoms with Crippen LogP contribution in [0.3, 0.4) is 0 Å². The van der Waals surface area contributed by atoms with Crippen molar-refractivity contribution in [3.8, 4) is 6.07 Å². The molecule has 0 saturated carbocycles. The zero-order chi connectivity index (χ0) is 8.53. The third-order valence-electron chi connectivity index (χ3n) is 1.42. The first kappa shape index (κ1) is 10.4. The van der Waals surface area contributed by atoms with E-state index in [1.807, 2.05) is 13.0 Å². The Morgan fingerprint density at radius 3 is 2.91 bits per heavy atom. The van der Waals surface area contributed by atoms with Crippen LogP contribution in [-0.4, -0.2) is 24.3 Å². The molecule has 0 aliphatic heterocycles. The minimum atomic E-state index is -0.251. The van der Waals surface area contributed by atoms with Gasteiger partial charge in [-0.2, -0.15) is 5.26 Å². The van der Waals surface area contributed by atoms with Gasteiger partial charge >= 0.3 is 0 Å². The van der Waals surface area contributed by atoms with Gasteiger partial charge in [-0.15, -0.1) is 0 Å². The van der Waals surface area contributed by atoms with Gasteiger partial charge in [0.25, 0.3) is 0 Å². The maximum absolute atomic E-state index is 9.20. The van der Waals surface area contributed by atoms with Gasteiger partial charge in [-0.05, 0) is 6.42 Å². The molecular formula is C8H16N2O. The Kier molecular flexibility index (Phi) is 7.11. The number of nitrogens with one attached hydrogen (secondary N) is 1. The van der Waals surface area contributed by atoms with Crippen molar-refractivity contribution in [2.75, 3.05) is 13.1 Å². The number of rotatable bonds is 6. The Bertz CT molecular complexity index is 120. The average Bonchev–Trinajstić information content (AvgIpc) is 1.99. The number of nitrogens with zero attached hydrogens (tertiary/aromatic N) is 1. The molecule has 11 heavy (non-hydrogen) atoms. The third-order valence-corrected chi connectivity index (χ3v) is 1.42. The molecule has 0 fully saturated rings. The van der Waals surface area contributed by atoms with E-state index < -0.39 is 0 Å². The molecule has 1 atom stereocenters. The quantitative estimate of drug-likeness (QED) is 0.555. The van der Waals surface area contributed by atoms with Crippen molar-refractivity contribution < 1.29 is 5.11 Å². The third kappa shape index (κ3) is 7.31. The first-order valence-corrected chi connectivity index (χ1v) is 4.07. The fourth-order valence-electron chi connectivity index (χ4n) is 0.848. The minimum Gasteiger partial charge on any atom is -0.392 e. The van der Waals surface area contributed by atoms with Gasteiger partial charge in [0.05, 0.1) is 12.2 Å². The summed E-state index contributed by atoms with van der Waals surface area (Å²) in [7, 11) is 0. The Morgan fingerprint density at radius 2 is 2.36 bits per heavy atom. The molecule has 0 spiro atoms. The Morgan fingerprint density at radius 1 is 1.64 bits per heavy atom. The molecule has 0 heterocycles. The van der Waals surface area contributed by atoms with E-state index in [2.05, 4.69) is 5.32 Å². The van der Waals surface area contributed by atoms with Crippen molar-refractivity contribution in [3.05, 3.63) is 0 Å². The number of aliphatic hydroxyl groups is 1. The van der Waals surface area contributed by atoms with Crippen LogP contribution < -0.4 is 5.32 Å². The zero-order valence-corrected chi connectivity index (χ0v) is 7.01. The highest BCUT2D eigenvalue weighted by atomic mass is 16.3. The van der Waals surface area contributed by atoms with Crippen LogP contribution in [0.1, 0.15) is 26.2 Å². The van der Waals surface area contributed by atoms with Crippen molar-refractivity contribution >= 4 is 0 Å². The first-order chi connectivity index (χ1) is 5.31. The van der Waals surface area contributed by atoms with E-state index in [0.29, 0.717) is 19.5 Å². The summed E-state index contributed by atoms with van der Waals surface area (Å²) in [4.78, 5) is 0. The van der Waals surface area contributed by atoms with Crippen LogP contribution in [0.15, 0.2) is 0 Å². The lowest BCUT2D eigenvalue weighted by Crippen LogP contribution is -2.27. The molecule has 0 radical (unpaired) electrons. The molecule has 0 aromatic carbocycles. The van der Waals surface area contributed by atoms with E-state index in [1.165, 1.54) is 0 Å². The van der Waals surface area contributed by atoms with Gasteiger partial charge in [-0.25, -0.2) is 0 Å². The van der Waals surface area contributed by atoms with E-state index in [1.54, 1.807) is 0 Å². The van der Waals surface area contributed by atoms with Crippen molar-refractivity contribution in [1.82, 2.24) is 5.32 Å². The molecule has 0 aliphatic rings. The average molecular weight is 156 g/mol. The smallest absolute Gasteiger partial charge is 0.0664 e. The van der Waals surface area contributed by atoms with Crippen LogP contribution in [0, 0.1) is 11.3 Å². The summed E-state index contributed by atoms with van der Waals surface area (Å²) in [5, 5.41) is 20.4. The SMILES string of the molecule is CCCC(O)CNCCC#N. The number of hydrogen-bond donors (Lipinski definition) is 2. The molecule has 64 valence electrons. The summed E-state index contributed by atoms with van der Waals surface area (Å²) in [6, 6.07) is 2.03. The minimum absolute atomic E-state index is 0.251. The molecule has 0 aliphatic carbocycles. The standard InChI is InChI=1S/C8H16N2O/c1-2-4-8(11)7-10-6-3-5-9/h8,10-11H,2-4,6-7H2,1H3. The molecule has 0 bridgehead atoms. The van der Waals surface area contributed by atoms with Crippen molar-refractivity contribution in [1.29, 1.82) is 5.26 Å². The molecule has 0 rings (SSSR count). The second-order valence-corrected chi connectivity index (χ2v) is 2.55.